The average molecular weight is 449 g/mol. The summed E-state index contributed by atoms with van der Waals surface area (Å²) in [4.78, 5) is 24.4. The number of alkyl halides is 1. The van der Waals surface area contributed by atoms with Gasteiger partial charge >= 0.3 is 17.6 Å². The van der Waals surface area contributed by atoms with Crippen LogP contribution in [0.1, 0.15) is 59.9 Å². The maximum atomic E-state index is 15.3. The molecule has 1 aromatic rings. The van der Waals surface area contributed by atoms with E-state index >= 15 is 4.39 Å². The molecule has 6 nitrogen and oxygen atoms in total. The van der Waals surface area contributed by atoms with Gasteiger partial charge in [0.1, 0.15) is 0 Å². The number of carbonyl (C=O) groups excluding carboxylic acids is 2. The molecule has 0 saturated carbocycles. The van der Waals surface area contributed by atoms with Gasteiger partial charge in [-0.25, -0.2) is 31.7 Å². The standard InChI is InChI=1S/C20H26F3NO5S/c1-17(2,3)30(27)24-19(6,12-8-7-9-13(21)14(12)22)10-11-20(23)15(25)28-18(4,5)29-16(20)26/h7-9,24H,10-11H2,1-6H3/t19-,30+/m0/s1. The van der Waals surface area contributed by atoms with Crippen LogP contribution in [0.2, 0.25) is 0 Å². The molecule has 1 aromatic carbocycles. The predicted octanol–water partition coefficient (Wildman–Crippen LogP) is 3.56. The molecule has 1 aliphatic heterocycles. The fraction of sp³-hybridized carbons (Fsp3) is 0.600. The summed E-state index contributed by atoms with van der Waals surface area (Å²) >= 11 is 0. The van der Waals surface area contributed by atoms with Gasteiger partial charge in [0.2, 0.25) is 0 Å². The van der Waals surface area contributed by atoms with E-state index in [9.17, 15) is 22.6 Å². The molecule has 10 heteroatoms. The molecule has 1 heterocycles. The molecule has 0 spiro atoms. The summed E-state index contributed by atoms with van der Waals surface area (Å²) in [5.41, 5.74) is -4.94. The molecule has 2 rings (SSSR count). The van der Waals surface area contributed by atoms with E-state index in [-0.39, 0.29) is 5.56 Å². The van der Waals surface area contributed by atoms with Crippen LogP contribution in [0.3, 0.4) is 0 Å². The molecular formula is C20H26F3NO5S. The van der Waals surface area contributed by atoms with E-state index in [4.69, 9.17) is 9.47 Å². The Morgan fingerprint density at radius 2 is 1.60 bits per heavy atom. The number of rotatable bonds is 6. The Hall–Kier alpha value is -1.94. The first kappa shape index (κ1) is 24.3. The van der Waals surface area contributed by atoms with E-state index in [2.05, 4.69) is 4.72 Å². The number of nitrogens with one attached hydrogen (secondary N) is 1. The van der Waals surface area contributed by atoms with Crippen molar-refractivity contribution in [3.05, 3.63) is 35.4 Å². The molecule has 2 atom stereocenters. The smallest absolute Gasteiger partial charge is 0.359 e. The number of ether oxygens (including phenoxy) is 2. The van der Waals surface area contributed by atoms with Crippen molar-refractivity contribution >= 4 is 22.9 Å². The van der Waals surface area contributed by atoms with Gasteiger partial charge in [0.15, 0.2) is 11.6 Å². The molecule has 0 bridgehead atoms. The Labute approximate surface area is 176 Å². The van der Waals surface area contributed by atoms with Crippen molar-refractivity contribution in [2.75, 3.05) is 0 Å². The minimum atomic E-state index is -3.13. The Kier molecular flexibility index (Phi) is 6.45. The predicted molar refractivity (Wildman–Crippen MR) is 104 cm³/mol. The lowest BCUT2D eigenvalue weighted by Gasteiger charge is -2.38. The third-order valence-electron chi connectivity index (χ3n) is 4.71. The Morgan fingerprint density at radius 3 is 2.10 bits per heavy atom. The third-order valence-corrected chi connectivity index (χ3v) is 6.46. The number of carbonyl (C=O) groups is 2. The van der Waals surface area contributed by atoms with Gasteiger partial charge in [-0.05, 0) is 40.2 Å². The van der Waals surface area contributed by atoms with Crippen LogP contribution in [-0.2, 0) is 35.6 Å². The fourth-order valence-electron chi connectivity index (χ4n) is 2.87. The van der Waals surface area contributed by atoms with Crippen LogP contribution in [0.4, 0.5) is 13.2 Å². The van der Waals surface area contributed by atoms with Crippen LogP contribution in [0, 0.1) is 11.6 Å². The molecule has 0 aromatic heterocycles. The monoisotopic (exact) mass is 449 g/mol. The summed E-state index contributed by atoms with van der Waals surface area (Å²) in [6, 6.07) is 3.43. The maximum Gasteiger partial charge on any atom is 0.359 e. The van der Waals surface area contributed by atoms with E-state index in [0.29, 0.717) is 0 Å². The molecule has 1 aliphatic rings. The highest BCUT2D eigenvalue weighted by Crippen LogP contribution is 2.38. The normalized spacial score (nSPS) is 21.4. The van der Waals surface area contributed by atoms with Crippen molar-refractivity contribution in [2.24, 2.45) is 0 Å². The van der Waals surface area contributed by atoms with Crippen LogP contribution < -0.4 is 4.72 Å². The molecule has 1 saturated heterocycles. The van der Waals surface area contributed by atoms with Crippen molar-refractivity contribution in [3.8, 4) is 0 Å². The average Bonchev–Trinajstić information content (AvgIpc) is 2.59. The topological polar surface area (TPSA) is 81.7 Å². The second kappa shape index (κ2) is 7.96. The van der Waals surface area contributed by atoms with Crippen molar-refractivity contribution in [1.82, 2.24) is 4.72 Å². The lowest BCUT2D eigenvalue weighted by Crippen LogP contribution is -2.57. The minimum absolute atomic E-state index is 0.221. The highest BCUT2D eigenvalue weighted by molar-refractivity contribution is 7.84. The summed E-state index contributed by atoms with van der Waals surface area (Å²) in [5.74, 6) is -6.82. The summed E-state index contributed by atoms with van der Waals surface area (Å²) in [6.45, 7) is 8.93. The summed E-state index contributed by atoms with van der Waals surface area (Å²) in [7, 11) is -1.77. The second-order valence-electron chi connectivity index (χ2n) is 8.90. The van der Waals surface area contributed by atoms with Gasteiger partial charge < -0.3 is 9.47 Å². The van der Waals surface area contributed by atoms with E-state index in [1.807, 2.05) is 0 Å². The number of benzene rings is 1. The van der Waals surface area contributed by atoms with Crippen LogP contribution in [-0.4, -0.2) is 32.4 Å². The van der Waals surface area contributed by atoms with Gasteiger partial charge in [-0.3, -0.25) is 0 Å². The summed E-state index contributed by atoms with van der Waals surface area (Å²) in [5, 5.41) is 0. The minimum Gasteiger partial charge on any atom is -0.420 e. The molecule has 0 unspecified atom stereocenters. The number of esters is 2. The van der Waals surface area contributed by atoms with E-state index in [1.54, 1.807) is 20.8 Å². The number of halogens is 3. The molecule has 0 aliphatic carbocycles. The van der Waals surface area contributed by atoms with Crippen LogP contribution in [0.5, 0.6) is 0 Å². The maximum absolute atomic E-state index is 15.3. The first-order valence-electron chi connectivity index (χ1n) is 9.32. The summed E-state index contributed by atoms with van der Waals surface area (Å²) < 4.78 is 68.0. The molecule has 1 N–H and O–H groups in total. The lowest BCUT2D eigenvalue weighted by molar-refractivity contribution is -0.253. The SMILES string of the molecule is CC1(C)OC(=O)C(F)(CC[C@](C)(N[S@](=O)C(C)(C)C)c2cccc(F)c2F)C(=O)O1. The van der Waals surface area contributed by atoms with E-state index in [1.165, 1.54) is 32.9 Å². The fourth-order valence-corrected chi connectivity index (χ4v) is 3.79. The number of hydrogen-bond acceptors (Lipinski definition) is 5. The van der Waals surface area contributed by atoms with E-state index < -0.39 is 69.1 Å². The first-order chi connectivity index (χ1) is 13.5. The Morgan fingerprint density at radius 1 is 1.07 bits per heavy atom. The zero-order chi connectivity index (χ0) is 23.1. The largest absolute Gasteiger partial charge is 0.420 e. The second-order valence-corrected chi connectivity index (χ2v) is 10.9. The van der Waals surface area contributed by atoms with E-state index in [0.717, 1.165) is 6.07 Å². The molecule has 1 fully saturated rings. The van der Waals surface area contributed by atoms with Crippen molar-refractivity contribution in [3.63, 3.8) is 0 Å². The molecule has 30 heavy (non-hydrogen) atoms. The zero-order valence-electron chi connectivity index (χ0n) is 17.7. The van der Waals surface area contributed by atoms with Crippen molar-refractivity contribution < 1.29 is 36.4 Å². The van der Waals surface area contributed by atoms with Gasteiger partial charge in [0.25, 0.3) is 5.79 Å². The highest BCUT2D eigenvalue weighted by Gasteiger charge is 2.58. The summed E-state index contributed by atoms with van der Waals surface area (Å²) in [6.07, 6.45) is -1.15. The molecular weight excluding hydrogens is 423 g/mol. The van der Waals surface area contributed by atoms with Gasteiger partial charge in [0.05, 0.1) is 21.3 Å². The van der Waals surface area contributed by atoms with Gasteiger partial charge in [-0.2, -0.15) is 0 Å². The molecule has 168 valence electrons. The first-order valence-corrected chi connectivity index (χ1v) is 10.5. The zero-order valence-corrected chi connectivity index (χ0v) is 18.5. The molecule has 0 amide bonds. The van der Waals surface area contributed by atoms with Gasteiger partial charge in [-0.1, -0.05) is 12.1 Å². The number of hydrogen-bond donors (Lipinski definition) is 1. The molecule has 0 radical (unpaired) electrons. The van der Waals surface area contributed by atoms with Crippen molar-refractivity contribution in [2.45, 2.75) is 76.1 Å². The third kappa shape index (κ3) is 4.85. The van der Waals surface area contributed by atoms with Crippen LogP contribution in [0.25, 0.3) is 0 Å². The Balaban J connectivity index is 2.41. The number of cyclic esters (lactones) is 2. The lowest BCUT2D eigenvalue weighted by atomic mass is 9.84. The Bertz CT molecular complexity index is 864. The van der Waals surface area contributed by atoms with Gasteiger partial charge in [0, 0.05) is 25.8 Å². The van der Waals surface area contributed by atoms with Crippen LogP contribution >= 0.6 is 0 Å². The quantitative estimate of drug-likeness (QED) is 0.531. The highest BCUT2D eigenvalue weighted by atomic mass is 32.2. The van der Waals surface area contributed by atoms with Crippen LogP contribution in [0.15, 0.2) is 18.2 Å². The van der Waals surface area contributed by atoms with Crippen molar-refractivity contribution in [1.29, 1.82) is 0 Å². The van der Waals surface area contributed by atoms with Gasteiger partial charge in [-0.15, -0.1) is 0 Å².